The zero-order chi connectivity index (χ0) is 9.80. The molecular weight excluding hydrogens is 172 g/mol. The largest absolute Gasteiger partial charge is 0.345 e. The van der Waals surface area contributed by atoms with E-state index < -0.39 is 0 Å². The smallest absolute Gasteiger partial charge is 0.0924 e. The molecule has 1 heterocycles. The van der Waals surface area contributed by atoms with Gasteiger partial charge in [0.05, 0.1) is 18.2 Å². The monoisotopic (exact) mass is 184 g/mol. The van der Waals surface area contributed by atoms with E-state index >= 15 is 0 Å². The number of aromatic nitrogens is 2. The van der Waals surface area contributed by atoms with E-state index in [2.05, 4.69) is 35.1 Å². The van der Waals surface area contributed by atoms with Gasteiger partial charge in [0, 0.05) is 0 Å². The van der Waals surface area contributed by atoms with E-state index in [-0.39, 0.29) is 0 Å². The van der Waals surface area contributed by atoms with E-state index in [0.29, 0.717) is 0 Å². The Morgan fingerprint density at radius 2 is 2.07 bits per heavy atom. The molecule has 0 aliphatic carbocycles. The molecular formula is C12H12N2. The van der Waals surface area contributed by atoms with Crippen LogP contribution >= 0.6 is 0 Å². The highest BCUT2D eigenvalue weighted by atomic mass is 14.8. The zero-order valence-corrected chi connectivity index (χ0v) is 8.07. The van der Waals surface area contributed by atoms with Crippen molar-refractivity contribution in [3.05, 3.63) is 53.6 Å². The van der Waals surface area contributed by atoms with Gasteiger partial charge in [-0.2, -0.15) is 0 Å². The summed E-state index contributed by atoms with van der Waals surface area (Å²) in [7, 11) is 0. The summed E-state index contributed by atoms with van der Waals surface area (Å²) in [6.07, 6.45) is 7.59. The summed E-state index contributed by atoms with van der Waals surface area (Å²) in [5, 5.41) is 0. The number of nitrogens with zero attached hydrogens (tertiary/aromatic N) is 1. The third-order valence-electron chi connectivity index (χ3n) is 2.15. The van der Waals surface area contributed by atoms with Gasteiger partial charge < -0.3 is 4.98 Å². The van der Waals surface area contributed by atoms with Gasteiger partial charge in [-0.05, 0) is 24.1 Å². The summed E-state index contributed by atoms with van der Waals surface area (Å²) in [6.45, 7) is 2.10. The molecule has 0 saturated carbocycles. The van der Waals surface area contributed by atoms with Crippen molar-refractivity contribution in [3.63, 3.8) is 0 Å². The second-order valence-corrected chi connectivity index (χ2v) is 3.20. The molecule has 2 heteroatoms. The van der Waals surface area contributed by atoms with Crippen LogP contribution in [0, 0.1) is 6.92 Å². The minimum atomic E-state index is 1.02. The highest BCUT2D eigenvalue weighted by molar-refractivity contribution is 5.69. The fourth-order valence-corrected chi connectivity index (χ4v) is 1.31. The number of rotatable bonds is 2. The molecule has 2 aromatic rings. The van der Waals surface area contributed by atoms with E-state index in [1.807, 2.05) is 18.2 Å². The molecule has 70 valence electrons. The van der Waals surface area contributed by atoms with Crippen LogP contribution in [0.3, 0.4) is 0 Å². The maximum Gasteiger partial charge on any atom is 0.0924 e. The lowest BCUT2D eigenvalue weighted by atomic mass is 10.1. The van der Waals surface area contributed by atoms with Crippen LogP contribution in [0.25, 0.3) is 12.2 Å². The Labute approximate surface area is 83.3 Å². The number of nitrogens with one attached hydrogen (secondary N) is 1. The first-order valence-corrected chi connectivity index (χ1v) is 4.58. The predicted molar refractivity (Wildman–Crippen MR) is 58.7 cm³/mol. The maximum atomic E-state index is 3.95. The molecule has 0 bridgehead atoms. The summed E-state index contributed by atoms with van der Waals surface area (Å²) in [4.78, 5) is 6.98. The van der Waals surface area contributed by atoms with Crippen molar-refractivity contribution < 1.29 is 0 Å². The number of benzene rings is 1. The van der Waals surface area contributed by atoms with Crippen molar-refractivity contribution in [2.45, 2.75) is 6.92 Å². The molecule has 0 aliphatic rings. The van der Waals surface area contributed by atoms with Crippen LogP contribution in [-0.2, 0) is 0 Å². The lowest BCUT2D eigenvalue weighted by Gasteiger charge is -1.97. The standard InChI is InChI=1S/C12H12N2/c1-10-4-2-3-5-11(10)6-7-12-8-13-9-14-12/h2-9H,1H3,(H,13,14)/b7-6-. The Kier molecular flexibility index (Phi) is 2.45. The van der Waals surface area contributed by atoms with Crippen molar-refractivity contribution >= 4 is 12.2 Å². The van der Waals surface area contributed by atoms with Gasteiger partial charge in [-0.1, -0.05) is 30.3 Å². The molecule has 1 aromatic carbocycles. The first-order valence-electron chi connectivity index (χ1n) is 4.58. The van der Waals surface area contributed by atoms with Crippen LogP contribution < -0.4 is 0 Å². The second-order valence-electron chi connectivity index (χ2n) is 3.20. The Balaban J connectivity index is 2.23. The molecule has 0 amide bonds. The fraction of sp³-hybridized carbons (Fsp3) is 0.0833. The van der Waals surface area contributed by atoms with E-state index in [9.17, 15) is 0 Å². The SMILES string of the molecule is Cc1ccccc1/C=C\c1cnc[nH]1. The van der Waals surface area contributed by atoms with Crippen LogP contribution in [0.15, 0.2) is 36.8 Å². The average molecular weight is 184 g/mol. The molecule has 1 aromatic heterocycles. The van der Waals surface area contributed by atoms with E-state index in [4.69, 9.17) is 0 Å². The van der Waals surface area contributed by atoms with Crippen LogP contribution in [0.5, 0.6) is 0 Å². The van der Waals surface area contributed by atoms with Gasteiger partial charge in [0.2, 0.25) is 0 Å². The molecule has 0 fully saturated rings. The lowest BCUT2D eigenvalue weighted by molar-refractivity contribution is 1.31. The van der Waals surface area contributed by atoms with Gasteiger partial charge in [-0.3, -0.25) is 0 Å². The molecule has 2 rings (SSSR count). The molecule has 0 saturated heterocycles. The fourth-order valence-electron chi connectivity index (χ4n) is 1.31. The molecule has 0 spiro atoms. The van der Waals surface area contributed by atoms with Gasteiger partial charge in [0.15, 0.2) is 0 Å². The van der Waals surface area contributed by atoms with E-state index in [0.717, 1.165) is 5.69 Å². The summed E-state index contributed by atoms with van der Waals surface area (Å²) in [5.41, 5.74) is 3.54. The summed E-state index contributed by atoms with van der Waals surface area (Å²) >= 11 is 0. The van der Waals surface area contributed by atoms with Crippen LogP contribution in [0.4, 0.5) is 0 Å². The summed E-state index contributed by atoms with van der Waals surface area (Å²) < 4.78 is 0. The quantitative estimate of drug-likeness (QED) is 0.763. The number of hydrogen-bond acceptors (Lipinski definition) is 1. The van der Waals surface area contributed by atoms with Crippen molar-refractivity contribution in [2.24, 2.45) is 0 Å². The summed E-state index contributed by atoms with van der Waals surface area (Å²) in [6, 6.07) is 8.29. The topological polar surface area (TPSA) is 28.7 Å². The van der Waals surface area contributed by atoms with Gasteiger partial charge >= 0.3 is 0 Å². The predicted octanol–water partition coefficient (Wildman–Crippen LogP) is 2.89. The molecule has 0 radical (unpaired) electrons. The Morgan fingerprint density at radius 3 is 2.79 bits per heavy atom. The van der Waals surface area contributed by atoms with Crippen LogP contribution in [-0.4, -0.2) is 9.97 Å². The van der Waals surface area contributed by atoms with E-state index in [1.165, 1.54) is 11.1 Å². The number of aromatic amines is 1. The summed E-state index contributed by atoms with van der Waals surface area (Å²) in [5.74, 6) is 0. The molecule has 0 unspecified atom stereocenters. The van der Waals surface area contributed by atoms with Crippen LogP contribution in [0.2, 0.25) is 0 Å². The van der Waals surface area contributed by atoms with Crippen molar-refractivity contribution in [3.8, 4) is 0 Å². The van der Waals surface area contributed by atoms with Gasteiger partial charge in [0.1, 0.15) is 0 Å². The van der Waals surface area contributed by atoms with Crippen molar-refractivity contribution in [1.82, 2.24) is 9.97 Å². The Morgan fingerprint density at radius 1 is 1.21 bits per heavy atom. The van der Waals surface area contributed by atoms with Gasteiger partial charge in [0.25, 0.3) is 0 Å². The molecule has 14 heavy (non-hydrogen) atoms. The minimum Gasteiger partial charge on any atom is -0.345 e. The number of imidazole rings is 1. The lowest BCUT2D eigenvalue weighted by Crippen LogP contribution is -1.77. The molecule has 0 atom stereocenters. The normalized spacial score (nSPS) is 10.9. The zero-order valence-electron chi connectivity index (χ0n) is 8.07. The number of hydrogen-bond donors (Lipinski definition) is 1. The molecule has 1 N–H and O–H groups in total. The van der Waals surface area contributed by atoms with Crippen LogP contribution in [0.1, 0.15) is 16.8 Å². The highest BCUT2D eigenvalue weighted by Gasteiger charge is 1.91. The number of H-pyrrole nitrogens is 1. The first kappa shape index (κ1) is 8.75. The first-order chi connectivity index (χ1) is 6.86. The van der Waals surface area contributed by atoms with Gasteiger partial charge in [-0.15, -0.1) is 0 Å². The second kappa shape index (κ2) is 3.92. The van der Waals surface area contributed by atoms with Crippen molar-refractivity contribution in [1.29, 1.82) is 0 Å². The Hall–Kier alpha value is -1.83. The van der Waals surface area contributed by atoms with Gasteiger partial charge in [-0.25, -0.2) is 4.98 Å². The minimum absolute atomic E-state index is 1.02. The molecule has 0 aliphatic heterocycles. The number of aryl methyl sites for hydroxylation is 1. The highest BCUT2D eigenvalue weighted by Crippen LogP contribution is 2.10. The maximum absolute atomic E-state index is 3.95. The third-order valence-corrected chi connectivity index (χ3v) is 2.15. The molecule has 2 nitrogen and oxygen atoms in total. The third kappa shape index (κ3) is 1.91. The Bertz CT molecular complexity index is 427. The average Bonchev–Trinajstić information content (AvgIpc) is 2.69. The van der Waals surface area contributed by atoms with Crippen molar-refractivity contribution in [2.75, 3.05) is 0 Å². The van der Waals surface area contributed by atoms with E-state index in [1.54, 1.807) is 12.5 Å².